The van der Waals surface area contributed by atoms with Crippen LogP contribution in [0.1, 0.15) is 36.2 Å². The number of hydrogen-bond acceptors (Lipinski definition) is 2. The monoisotopic (exact) mass is 248 g/mol. The molecule has 1 saturated carbocycles. The number of aryl methyl sites for hydroxylation is 1. The average molecular weight is 248 g/mol. The lowest BCUT2D eigenvalue weighted by molar-refractivity contribution is 0.0808. The first kappa shape index (κ1) is 12.2. The summed E-state index contributed by atoms with van der Waals surface area (Å²) in [5.74, 6) is 0.837. The molecule has 1 aliphatic carbocycles. The zero-order chi connectivity index (χ0) is 12.7. The predicted molar refractivity (Wildman–Crippen MR) is 72.6 cm³/mol. The molecule has 1 aromatic heterocycles. The molecule has 2 heterocycles. The fourth-order valence-corrected chi connectivity index (χ4v) is 3.07. The third-order valence-corrected chi connectivity index (χ3v) is 4.66. The first-order valence-electron chi connectivity index (χ1n) is 7.13. The van der Waals surface area contributed by atoms with Crippen LogP contribution in [0.5, 0.6) is 0 Å². The fourth-order valence-electron chi connectivity index (χ4n) is 3.07. The van der Waals surface area contributed by atoms with Crippen LogP contribution in [0.2, 0.25) is 0 Å². The average Bonchev–Trinajstić information content (AvgIpc) is 3.06. The van der Waals surface area contributed by atoms with Crippen molar-refractivity contribution in [2.75, 3.05) is 6.61 Å². The minimum absolute atomic E-state index is 0.482. The predicted octanol–water partition coefficient (Wildman–Crippen LogP) is 2.30. The second-order valence-corrected chi connectivity index (χ2v) is 5.90. The molecule has 100 valence electrons. The molecule has 0 amide bonds. The Hall–Kier alpha value is -0.800. The first-order valence-corrected chi connectivity index (χ1v) is 7.13. The molecule has 2 atom stereocenters. The molecule has 0 bridgehead atoms. The molecular weight excluding hydrogens is 224 g/mol. The molecule has 2 aliphatic rings. The second kappa shape index (κ2) is 4.71. The number of aromatic nitrogens is 1. The molecule has 0 spiro atoms. The molecule has 18 heavy (non-hydrogen) atoms. The molecule has 3 rings (SSSR count). The van der Waals surface area contributed by atoms with Crippen LogP contribution >= 0.6 is 0 Å². The van der Waals surface area contributed by atoms with Gasteiger partial charge in [-0.25, -0.2) is 0 Å². The summed E-state index contributed by atoms with van der Waals surface area (Å²) in [7, 11) is 2.14. The lowest BCUT2D eigenvalue weighted by Gasteiger charge is -2.19. The van der Waals surface area contributed by atoms with E-state index in [2.05, 4.69) is 36.8 Å². The fraction of sp³-hybridized carbons (Fsp3) is 0.733. The SMILES string of the molecule is Cc1cc(CNC2CCOC2C2CC2)c(C)n1C. The van der Waals surface area contributed by atoms with E-state index < -0.39 is 0 Å². The van der Waals surface area contributed by atoms with Gasteiger partial charge in [-0.15, -0.1) is 0 Å². The summed E-state index contributed by atoms with van der Waals surface area (Å²) in [4.78, 5) is 0. The van der Waals surface area contributed by atoms with Gasteiger partial charge in [0.25, 0.3) is 0 Å². The summed E-state index contributed by atoms with van der Waals surface area (Å²) < 4.78 is 8.13. The van der Waals surface area contributed by atoms with Crippen molar-refractivity contribution in [3.63, 3.8) is 0 Å². The Bertz CT molecular complexity index is 434. The molecule has 2 fully saturated rings. The van der Waals surface area contributed by atoms with Gasteiger partial charge < -0.3 is 14.6 Å². The summed E-state index contributed by atoms with van der Waals surface area (Å²) in [5, 5.41) is 3.71. The van der Waals surface area contributed by atoms with Gasteiger partial charge in [0.15, 0.2) is 0 Å². The smallest absolute Gasteiger partial charge is 0.0757 e. The van der Waals surface area contributed by atoms with Crippen LogP contribution in [0.4, 0.5) is 0 Å². The third kappa shape index (κ3) is 2.21. The van der Waals surface area contributed by atoms with Crippen LogP contribution in [-0.2, 0) is 18.3 Å². The van der Waals surface area contributed by atoms with Crippen molar-refractivity contribution in [1.29, 1.82) is 0 Å². The van der Waals surface area contributed by atoms with E-state index in [1.54, 1.807) is 0 Å². The van der Waals surface area contributed by atoms with Gasteiger partial charge in [0, 0.05) is 37.6 Å². The number of rotatable bonds is 4. The van der Waals surface area contributed by atoms with Crippen LogP contribution in [-0.4, -0.2) is 23.3 Å². The highest BCUT2D eigenvalue weighted by Crippen LogP contribution is 2.38. The Morgan fingerprint density at radius 2 is 2.11 bits per heavy atom. The van der Waals surface area contributed by atoms with E-state index in [9.17, 15) is 0 Å². The minimum Gasteiger partial charge on any atom is -0.376 e. The summed E-state index contributed by atoms with van der Waals surface area (Å²) >= 11 is 0. The number of hydrogen-bond donors (Lipinski definition) is 1. The third-order valence-electron chi connectivity index (χ3n) is 4.66. The van der Waals surface area contributed by atoms with E-state index in [0.717, 1.165) is 19.1 Å². The van der Waals surface area contributed by atoms with E-state index in [-0.39, 0.29) is 0 Å². The van der Waals surface area contributed by atoms with Crippen LogP contribution in [0.25, 0.3) is 0 Å². The summed E-state index contributed by atoms with van der Waals surface area (Å²) in [6, 6.07) is 2.86. The molecular formula is C15H24N2O. The summed E-state index contributed by atoms with van der Waals surface area (Å²) in [6.45, 7) is 6.28. The highest BCUT2D eigenvalue weighted by molar-refractivity contribution is 5.26. The van der Waals surface area contributed by atoms with Gasteiger partial charge in [-0.3, -0.25) is 0 Å². The lowest BCUT2D eigenvalue weighted by Crippen LogP contribution is -2.37. The van der Waals surface area contributed by atoms with Crippen LogP contribution in [0, 0.1) is 19.8 Å². The lowest BCUT2D eigenvalue weighted by atomic mass is 10.1. The zero-order valence-electron chi connectivity index (χ0n) is 11.7. The standard InChI is InChI=1S/C15H24N2O/c1-10-8-13(11(2)17(10)3)9-16-14-6-7-18-15(14)12-4-5-12/h8,12,14-16H,4-7,9H2,1-3H3. The molecule has 2 unspecified atom stereocenters. The van der Waals surface area contributed by atoms with Crippen LogP contribution in [0.3, 0.4) is 0 Å². The molecule has 3 nitrogen and oxygen atoms in total. The zero-order valence-corrected chi connectivity index (χ0v) is 11.7. The van der Waals surface area contributed by atoms with Crippen molar-refractivity contribution in [2.45, 2.75) is 51.8 Å². The highest BCUT2D eigenvalue weighted by atomic mass is 16.5. The van der Waals surface area contributed by atoms with Crippen molar-refractivity contribution in [3.05, 3.63) is 23.0 Å². The molecule has 1 N–H and O–H groups in total. The van der Waals surface area contributed by atoms with Gasteiger partial charge in [-0.05, 0) is 50.7 Å². The maximum absolute atomic E-state index is 5.87. The van der Waals surface area contributed by atoms with Crippen LogP contribution < -0.4 is 5.32 Å². The highest BCUT2D eigenvalue weighted by Gasteiger charge is 2.40. The van der Waals surface area contributed by atoms with Crippen molar-refractivity contribution >= 4 is 0 Å². The van der Waals surface area contributed by atoms with E-state index in [1.807, 2.05) is 0 Å². The molecule has 1 aromatic rings. The van der Waals surface area contributed by atoms with Crippen molar-refractivity contribution < 1.29 is 4.74 Å². The van der Waals surface area contributed by atoms with Crippen LogP contribution in [0.15, 0.2) is 6.07 Å². The second-order valence-electron chi connectivity index (χ2n) is 5.90. The Morgan fingerprint density at radius 3 is 2.72 bits per heavy atom. The van der Waals surface area contributed by atoms with Gasteiger partial charge in [-0.2, -0.15) is 0 Å². The molecule has 1 aliphatic heterocycles. The van der Waals surface area contributed by atoms with Crippen molar-refractivity contribution in [2.24, 2.45) is 13.0 Å². The van der Waals surface area contributed by atoms with Gasteiger partial charge in [-0.1, -0.05) is 0 Å². The Labute approximate surface area is 110 Å². The molecule has 3 heteroatoms. The van der Waals surface area contributed by atoms with Gasteiger partial charge >= 0.3 is 0 Å². The van der Waals surface area contributed by atoms with E-state index in [0.29, 0.717) is 12.1 Å². The molecule has 1 saturated heterocycles. The minimum atomic E-state index is 0.482. The maximum Gasteiger partial charge on any atom is 0.0757 e. The Morgan fingerprint density at radius 1 is 1.33 bits per heavy atom. The Balaban J connectivity index is 1.61. The van der Waals surface area contributed by atoms with Crippen molar-refractivity contribution in [1.82, 2.24) is 9.88 Å². The quantitative estimate of drug-likeness (QED) is 0.885. The molecule has 0 radical (unpaired) electrons. The van der Waals surface area contributed by atoms with Gasteiger partial charge in [0.05, 0.1) is 6.10 Å². The largest absolute Gasteiger partial charge is 0.376 e. The summed E-state index contributed by atoms with van der Waals surface area (Å²) in [5.41, 5.74) is 4.14. The summed E-state index contributed by atoms with van der Waals surface area (Å²) in [6.07, 6.45) is 4.39. The maximum atomic E-state index is 5.87. The van der Waals surface area contributed by atoms with E-state index in [4.69, 9.17) is 4.74 Å². The van der Waals surface area contributed by atoms with E-state index in [1.165, 1.54) is 36.2 Å². The number of nitrogens with one attached hydrogen (secondary N) is 1. The molecule has 0 aromatic carbocycles. The number of nitrogens with zero attached hydrogens (tertiary/aromatic N) is 1. The normalized spacial score (nSPS) is 27.9. The first-order chi connectivity index (χ1) is 8.66. The van der Waals surface area contributed by atoms with Gasteiger partial charge in [0.1, 0.15) is 0 Å². The van der Waals surface area contributed by atoms with Crippen molar-refractivity contribution in [3.8, 4) is 0 Å². The van der Waals surface area contributed by atoms with E-state index >= 15 is 0 Å². The Kier molecular flexibility index (Phi) is 3.20. The topological polar surface area (TPSA) is 26.2 Å². The van der Waals surface area contributed by atoms with Gasteiger partial charge in [0.2, 0.25) is 0 Å². The number of ether oxygens (including phenoxy) is 1.